The fraction of sp³-hybridized carbons (Fsp3) is 0.357. The van der Waals surface area contributed by atoms with Crippen LogP contribution in [-0.4, -0.2) is 18.8 Å². The Balaban J connectivity index is 2.47. The minimum absolute atomic E-state index is 0.771. The van der Waals surface area contributed by atoms with Crippen molar-refractivity contribution >= 4 is 5.71 Å². The van der Waals surface area contributed by atoms with Gasteiger partial charge >= 0.3 is 0 Å². The van der Waals surface area contributed by atoms with Gasteiger partial charge in [-0.05, 0) is 39.0 Å². The Morgan fingerprint density at radius 3 is 3.00 bits per heavy atom. The summed E-state index contributed by atoms with van der Waals surface area (Å²) in [5.41, 5.74) is 3.06. The van der Waals surface area contributed by atoms with Gasteiger partial charge in [-0.15, -0.1) is 0 Å². The molecule has 17 heavy (non-hydrogen) atoms. The lowest BCUT2D eigenvalue weighted by atomic mass is 10.0. The third-order valence-corrected chi connectivity index (χ3v) is 2.90. The molecule has 3 heteroatoms. The van der Waals surface area contributed by atoms with E-state index < -0.39 is 0 Å². The normalized spacial score (nSPS) is 20.9. The predicted molar refractivity (Wildman–Crippen MR) is 70.7 cm³/mol. The topological polar surface area (TPSA) is 33.6 Å². The molecular formula is C14H18N2O. The number of aliphatic imine (C=N–C) groups is 1. The van der Waals surface area contributed by atoms with Gasteiger partial charge in [0.2, 0.25) is 0 Å². The standard InChI is InChI=1S/C14H18N2O/c1-4-6-13-12(5-2)16-10(3)11-7-8-15-9-14(11)17-13/h4-6,15H,2,7-9H2,1,3H3/b6-4-. The van der Waals surface area contributed by atoms with E-state index in [1.165, 1.54) is 5.57 Å². The summed E-state index contributed by atoms with van der Waals surface area (Å²) in [6.45, 7) is 9.55. The molecule has 0 aromatic rings. The molecule has 2 aliphatic heterocycles. The monoisotopic (exact) mass is 230 g/mol. The van der Waals surface area contributed by atoms with Crippen LogP contribution >= 0.6 is 0 Å². The molecule has 3 nitrogen and oxygen atoms in total. The first-order valence-electron chi connectivity index (χ1n) is 5.92. The van der Waals surface area contributed by atoms with E-state index in [1.807, 2.05) is 26.0 Å². The summed E-state index contributed by atoms with van der Waals surface area (Å²) in [5.74, 6) is 1.76. The van der Waals surface area contributed by atoms with Crippen molar-refractivity contribution in [2.45, 2.75) is 20.3 Å². The largest absolute Gasteiger partial charge is 0.458 e. The molecule has 0 atom stereocenters. The van der Waals surface area contributed by atoms with E-state index in [-0.39, 0.29) is 0 Å². The number of hydrogen-bond donors (Lipinski definition) is 1. The highest BCUT2D eigenvalue weighted by Crippen LogP contribution is 2.26. The first-order valence-corrected chi connectivity index (χ1v) is 5.92. The van der Waals surface area contributed by atoms with Crippen molar-refractivity contribution < 1.29 is 4.74 Å². The van der Waals surface area contributed by atoms with Crippen LogP contribution in [0.2, 0.25) is 0 Å². The second-order valence-electron chi connectivity index (χ2n) is 4.08. The lowest BCUT2D eigenvalue weighted by molar-refractivity contribution is 0.294. The molecule has 0 spiro atoms. The molecule has 90 valence electrons. The van der Waals surface area contributed by atoms with Crippen LogP contribution in [-0.2, 0) is 4.74 Å². The highest BCUT2D eigenvalue weighted by molar-refractivity contribution is 6.00. The van der Waals surface area contributed by atoms with Gasteiger partial charge in [0.05, 0.1) is 6.54 Å². The van der Waals surface area contributed by atoms with Crippen LogP contribution in [0.3, 0.4) is 0 Å². The second kappa shape index (κ2) is 5.15. The summed E-state index contributed by atoms with van der Waals surface area (Å²) in [5, 5.41) is 3.32. The highest BCUT2D eigenvalue weighted by atomic mass is 16.5. The van der Waals surface area contributed by atoms with Crippen LogP contribution in [0.1, 0.15) is 20.3 Å². The summed E-state index contributed by atoms with van der Waals surface area (Å²) < 4.78 is 5.95. The van der Waals surface area contributed by atoms with E-state index >= 15 is 0 Å². The van der Waals surface area contributed by atoms with Crippen molar-refractivity contribution in [2.75, 3.05) is 13.1 Å². The molecule has 0 aromatic heterocycles. The Hall–Kier alpha value is -1.61. The van der Waals surface area contributed by atoms with Crippen LogP contribution in [0.5, 0.6) is 0 Å². The molecule has 2 heterocycles. The average molecular weight is 230 g/mol. The first kappa shape index (κ1) is 11.9. The lowest BCUT2D eigenvalue weighted by Crippen LogP contribution is -2.27. The quantitative estimate of drug-likeness (QED) is 0.791. The number of nitrogens with zero attached hydrogens (tertiary/aromatic N) is 1. The number of allylic oxidation sites excluding steroid dienone is 3. The van der Waals surface area contributed by atoms with Crippen molar-refractivity contribution in [1.82, 2.24) is 5.32 Å². The number of rotatable bonds is 2. The van der Waals surface area contributed by atoms with Gasteiger partial charge < -0.3 is 10.1 Å². The molecular weight excluding hydrogens is 212 g/mol. The SMILES string of the molecule is C=CC1=C(/C=C\C)OC2=C(CCNC2)C(C)=N1. The Morgan fingerprint density at radius 1 is 1.47 bits per heavy atom. The zero-order valence-electron chi connectivity index (χ0n) is 10.4. The summed E-state index contributed by atoms with van der Waals surface area (Å²) >= 11 is 0. The number of ether oxygens (including phenoxy) is 1. The Bertz CT molecular complexity index is 453. The van der Waals surface area contributed by atoms with E-state index in [1.54, 1.807) is 6.08 Å². The molecule has 2 rings (SSSR count). The van der Waals surface area contributed by atoms with Crippen molar-refractivity contribution in [3.8, 4) is 0 Å². The van der Waals surface area contributed by atoms with Gasteiger partial charge in [-0.2, -0.15) is 0 Å². The van der Waals surface area contributed by atoms with Gasteiger partial charge in [0.15, 0.2) is 5.76 Å². The van der Waals surface area contributed by atoms with Crippen LogP contribution in [0.15, 0.2) is 52.6 Å². The zero-order chi connectivity index (χ0) is 12.3. The summed E-state index contributed by atoms with van der Waals surface area (Å²) in [4.78, 5) is 4.60. The van der Waals surface area contributed by atoms with Gasteiger partial charge in [0, 0.05) is 11.3 Å². The third kappa shape index (κ3) is 2.39. The zero-order valence-corrected chi connectivity index (χ0v) is 10.4. The summed E-state index contributed by atoms with van der Waals surface area (Å²) in [6.07, 6.45) is 6.59. The molecule has 0 aliphatic carbocycles. The fourth-order valence-corrected chi connectivity index (χ4v) is 2.05. The molecule has 1 N–H and O–H groups in total. The molecule has 0 aromatic carbocycles. The summed E-state index contributed by atoms with van der Waals surface area (Å²) in [7, 11) is 0. The minimum atomic E-state index is 0.771. The van der Waals surface area contributed by atoms with Crippen molar-refractivity contribution in [2.24, 2.45) is 4.99 Å². The van der Waals surface area contributed by atoms with E-state index in [4.69, 9.17) is 4.74 Å². The Labute approximate surface area is 102 Å². The van der Waals surface area contributed by atoms with Crippen molar-refractivity contribution in [3.63, 3.8) is 0 Å². The highest BCUT2D eigenvalue weighted by Gasteiger charge is 2.20. The molecule has 0 fully saturated rings. The van der Waals surface area contributed by atoms with Crippen LogP contribution in [0.4, 0.5) is 0 Å². The van der Waals surface area contributed by atoms with Gasteiger partial charge in [-0.3, -0.25) is 0 Å². The van der Waals surface area contributed by atoms with Gasteiger partial charge in [0.1, 0.15) is 11.5 Å². The average Bonchev–Trinajstić information content (AvgIpc) is 2.48. The Morgan fingerprint density at radius 2 is 2.29 bits per heavy atom. The lowest BCUT2D eigenvalue weighted by Gasteiger charge is -2.20. The second-order valence-corrected chi connectivity index (χ2v) is 4.08. The van der Waals surface area contributed by atoms with E-state index in [0.29, 0.717) is 0 Å². The molecule has 0 unspecified atom stereocenters. The van der Waals surface area contributed by atoms with E-state index in [0.717, 1.165) is 42.4 Å². The van der Waals surface area contributed by atoms with Crippen molar-refractivity contribution in [3.05, 3.63) is 47.6 Å². The fourth-order valence-electron chi connectivity index (χ4n) is 2.05. The Kier molecular flexibility index (Phi) is 3.59. The minimum Gasteiger partial charge on any atom is -0.458 e. The predicted octanol–water partition coefficient (Wildman–Crippen LogP) is 2.70. The summed E-state index contributed by atoms with van der Waals surface area (Å²) in [6, 6.07) is 0. The van der Waals surface area contributed by atoms with Crippen LogP contribution in [0, 0.1) is 0 Å². The number of nitrogens with one attached hydrogen (secondary N) is 1. The van der Waals surface area contributed by atoms with Crippen LogP contribution < -0.4 is 5.32 Å². The number of hydrogen-bond acceptors (Lipinski definition) is 3. The third-order valence-electron chi connectivity index (χ3n) is 2.90. The van der Waals surface area contributed by atoms with Gasteiger partial charge in [-0.25, -0.2) is 4.99 Å². The molecule has 0 radical (unpaired) electrons. The maximum Gasteiger partial charge on any atom is 0.152 e. The molecule has 0 bridgehead atoms. The molecule has 0 amide bonds. The smallest absolute Gasteiger partial charge is 0.152 e. The molecule has 0 saturated heterocycles. The molecule has 2 aliphatic rings. The maximum atomic E-state index is 5.95. The first-order chi connectivity index (χ1) is 8.26. The van der Waals surface area contributed by atoms with Gasteiger partial charge in [-0.1, -0.05) is 12.7 Å². The van der Waals surface area contributed by atoms with Crippen LogP contribution in [0.25, 0.3) is 0 Å². The van der Waals surface area contributed by atoms with E-state index in [9.17, 15) is 0 Å². The van der Waals surface area contributed by atoms with Crippen molar-refractivity contribution in [1.29, 1.82) is 0 Å². The maximum absolute atomic E-state index is 5.95. The molecule has 0 saturated carbocycles. The van der Waals surface area contributed by atoms with Gasteiger partial charge in [0.25, 0.3) is 0 Å². The van der Waals surface area contributed by atoms with E-state index in [2.05, 4.69) is 16.9 Å².